The average molecular weight is 727 g/mol. The van der Waals surface area contributed by atoms with E-state index in [2.05, 4.69) is 155 Å². The van der Waals surface area contributed by atoms with Crippen molar-refractivity contribution in [1.82, 2.24) is 0 Å². The van der Waals surface area contributed by atoms with E-state index in [1.54, 1.807) is 0 Å². The van der Waals surface area contributed by atoms with E-state index in [0.29, 0.717) is 5.41 Å². The topological polar surface area (TPSA) is 0 Å². The van der Waals surface area contributed by atoms with Gasteiger partial charge in [0.05, 0.1) is 0 Å². The van der Waals surface area contributed by atoms with Crippen LogP contribution in [0.2, 0.25) is 0 Å². The zero-order valence-electron chi connectivity index (χ0n) is 29.5. The predicted molar refractivity (Wildman–Crippen MR) is 188 cm³/mol. The van der Waals surface area contributed by atoms with Crippen molar-refractivity contribution < 1.29 is 49.0 Å². The first-order valence-corrected chi connectivity index (χ1v) is 17.2. The predicted octanol–water partition coefficient (Wildman–Crippen LogP) is 5.24. The maximum atomic E-state index is 3.65. The van der Waals surface area contributed by atoms with Gasteiger partial charge in [-0.25, -0.2) is 11.6 Å². The third-order valence-electron chi connectivity index (χ3n) is 9.41. The SMILES string of the molecule is CC1=[C-]C(C)(C)c2cc3c(cc21)-c1cc2c(cc1C3)C(C)(C)C=C2C.C[C](=[Zr+2])c1ccccc1.Cc1cc(C(C)(C)C)c[cH-]1.[Cl-].[Cl-]. The quantitative estimate of drug-likeness (QED) is 0.208. The molecule has 0 heterocycles. The summed E-state index contributed by atoms with van der Waals surface area (Å²) in [7, 11) is 0. The maximum absolute atomic E-state index is 3.65. The van der Waals surface area contributed by atoms with Crippen LogP contribution in [0.5, 0.6) is 0 Å². The van der Waals surface area contributed by atoms with E-state index >= 15 is 0 Å². The van der Waals surface area contributed by atoms with Crippen LogP contribution in [0.4, 0.5) is 0 Å². The second kappa shape index (κ2) is 14.1. The fraction of sp³-hybridized carbons (Fsp3) is 0.349. The number of benzene rings is 3. The van der Waals surface area contributed by atoms with Gasteiger partial charge in [0.25, 0.3) is 0 Å². The van der Waals surface area contributed by atoms with Crippen molar-refractivity contribution >= 4 is 14.4 Å². The smallest absolute Gasteiger partial charge is 0.0635 e. The Labute approximate surface area is 306 Å². The molecule has 240 valence electrons. The van der Waals surface area contributed by atoms with E-state index in [1.165, 1.54) is 99.8 Å². The van der Waals surface area contributed by atoms with E-state index in [4.69, 9.17) is 0 Å². The standard InChI is InChI=1S/C25H25.C10H15.C8H8.2ClH.Zr/c1-14-12-24(3,4)22-8-16-7-17-9-23-19(15(2)13-25(23,5)6)11-21(17)20(16)10-18(14)22;1-8-5-6-9(7-8)10(2,3)4;1-2-8-6-4-3-5-7-8;;;/h8-12H,7H2,1-6H3;5-7H,1-4H3;3-7H,1H3;2*1H;/q2*-1;;;;+2/p-2. The molecular formula is C43H48Cl2Zr-2. The molecule has 3 aliphatic carbocycles. The van der Waals surface area contributed by atoms with Crippen molar-refractivity contribution in [3.8, 4) is 11.1 Å². The van der Waals surface area contributed by atoms with E-state index in [0.717, 1.165) is 6.42 Å². The van der Waals surface area contributed by atoms with E-state index < -0.39 is 0 Å². The van der Waals surface area contributed by atoms with Crippen molar-refractivity contribution in [1.29, 1.82) is 0 Å². The Bertz CT molecular complexity index is 1720. The van der Waals surface area contributed by atoms with Gasteiger partial charge in [0.15, 0.2) is 0 Å². The number of rotatable bonds is 1. The van der Waals surface area contributed by atoms with Gasteiger partial charge in [0, 0.05) is 5.41 Å². The molecule has 0 atom stereocenters. The normalized spacial score (nSPS) is 15.6. The van der Waals surface area contributed by atoms with Crippen LogP contribution in [0.1, 0.15) is 119 Å². The summed E-state index contributed by atoms with van der Waals surface area (Å²) in [6.07, 6.45) is 7.13. The zero-order valence-corrected chi connectivity index (χ0v) is 33.4. The van der Waals surface area contributed by atoms with Crippen LogP contribution in [0.25, 0.3) is 22.3 Å². The molecule has 3 aliphatic rings. The molecule has 4 aromatic carbocycles. The summed E-state index contributed by atoms with van der Waals surface area (Å²) in [5, 5.41) is 0. The summed E-state index contributed by atoms with van der Waals surface area (Å²) in [5.41, 5.74) is 19.0. The monoisotopic (exact) mass is 724 g/mol. The molecule has 0 unspecified atom stereocenters. The van der Waals surface area contributed by atoms with Gasteiger partial charge in [0.1, 0.15) is 0 Å². The van der Waals surface area contributed by atoms with Crippen molar-refractivity contribution in [2.45, 2.75) is 98.8 Å². The number of aryl methyl sites for hydroxylation is 1. The van der Waals surface area contributed by atoms with Gasteiger partial charge >= 0.3 is 70.3 Å². The molecule has 7 rings (SSSR count). The minimum atomic E-state index is 0. The number of hydrogen-bond donors (Lipinski definition) is 0. The second-order valence-electron chi connectivity index (χ2n) is 15.1. The second-order valence-corrected chi connectivity index (χ2v) is 17.0. The van der Waals surface area contributed by atoms with Crippen LogP contribution in [0.3, 0.4) is 0 Å². The largest absolute Gasteiger partial charge is 1.00 e. The fourth-order valence-electron chi connectivity index (χ4n) is 6.99. The first kappa shape index (κ1) is 38.3. The Kier molecular flexibility index (Phi) is 11.8. The molecule has 4 aromatic rings. The summed E-state index contributed by atoms with van der Waals surface area (Å²) in [6.45, 7) is 24.7. The number of halogens is 2. The molecule has 0 bridgehead atoms. The Morgan fingerprint density at radius 3 is 1.83 bits per heavy atom. The van der Waals surface area contributed by atoms with E-state index in [1.807, 2.05) is 6.07 Å². The first-order valence-electron chi connectivity index (χ1n) is 16.0. The van der Waals surface area contributed by atoms with Crippen molar-refractivity contribution in [3.63, 3.8) is 0 Å². The molecule has 46 heavy (non-hydrogen) atoms. The third kappa shape index (κ3) is 7.75. The van der Waals surface area contributed by atoms with Gasteiger partial charge in [0.2, 0.25) is 0 Å². The van der Waals surface area contributed by atoms with Crippen LogP contribution >= 0.6 is 0 Å². The molecule has 3 heteroatoms. The van der Waals surface area contributed by atoms with E-state index in [9.17, 15) is 0 Å². The summed E-state index contributed by atoms with van der Waals surface area (Å²) >= 11 is 1.51. The van der Waals surface area contributed by atoms with Crippen molar-refractivity contribution in [2.75, 3.05) is 0 Å². The Morgan fingerprint density at radius 2 is 1.35 bits per heavy atom. The molecule has 0 fully saturated rings. The number of hydrogen-bond acceptors (Lipinski definition) is 0. The molecule has 0 amide bonds. The van der Waals surface area contributed by atoms with Gasteiger partial charge in [-0.3, -0.25) is 6.08 Å². The molecule has 0 saturated heterocycles. The summed E-state index contributed by atoms with van der Waals surface area (Å²) in [5.74, 6) is 0. The van der Waals surface area contributed by atoms with Gasteiger partial charge in [-0.1, -0.05) is 91.4 Å². The number of allylic oxidation sites excluding steroid dienone is 4. The molecule has 0 radical (unpaired) electrons. The van der Waals surface area contributed by atoms with Crippen molar-refractivity contribution in [3.05, 3.63) is 135 Å². The zero-order chi connectivity index (χ0) is 32.2. The van der Waals surface area contributed by atoms with Crippen LogP contribution in [-0.2, 0) is 46.9 Å². The van der Waals surface area contributed by atoms with Gasteiger partial charge in [-0.2, -0.15) is 28.8 Å². The minimum Gasteiger partial charge on any atom is -1.00 e. The summed E-state index contributed by atoms with van der Waals surface area (Å²) in [4.78, 5) is 0. The van der Waals surface area contributed by atoms with Crippen LogP contribution in [0.15, 0.2) is 78.9 Å². The van der Waals surface area contributed by atoms with E-state index in [-0.39, 0.29) is 35.6 Å². The Hall–Kier alpha value is -2.18. The van der Waals surface area contributed by atoms with Crippen LogP contribution < -0.4 is 24.8 Å². The molecular weight excluding hydrogens is 679 g/mol. The molecule has 0 N–H and O–H groups in total. The van der Waals surface area contributed by atoms with Gasteiger partial charge in [-0.05, 0) is 58.4 Å². The average Bonchev–Trinajstić information content (AvgIpc) is 3.65. The fourth-order valence-corrected chi connectivity index (χ4v) is 7.40. The molecule has 0 aliphatic heterocycles. The maximum Gasteiger partial charge on any atom is -0.0635 e. The Morgan fingerprint density at radius 1 is 0.783 bits per heavy atom. The summed E-state index contributed by atoms with van der Waals surface area (Å²) in [6, 6.07) is 26.9. The first-order chi connectivity index (χ1) is 20.5. The van der Waals surface area contributed by atoms with Gasteiger partial charge in [-0.15, -0.1) is 11.6 Å². The molecule has 0 aromatic heterocycles. The molecule has 0 saturated carbocycles. The Balaban J connectivity index is 0.000000228. The number of fused-ring (bicyclic) bond motifs is 5. The molecule has 0 spiro atoms. The van der Waals surface area contributed by atoms with Gasteiger partial charge < -0.3 is 24.8 Å². The minimum absolute atomic E-state index is 0. The third-order valence-corrected chi connectivity index (χ3v) is 10.1. The van der Waals surface area contributed by atoms with Crippen LogP contribution in [0, 0.1) is 13.0 Å². The molecule has 0 nitrogen and oxygen atoms in total. The van der Waals surface area contributed by atoms with Crippen molar-refractivity contribution in [2.24, 2.45) is 0 Å². The summed E-state index contributed by atoms with van der Waals surface area (Å²) < 4.78 is 1.46. The van der Waals surface area contributed by atoms with Crippen LogP contribution in [-0.4, -0.2) is 3.21 Å².